The largest absolute Gasteiger partial charge is 0.491 e. The molecule has 82 valence electrons. The van der Waals surface area contributed by atoms with Crippen molar-refractivity contribution in [3.8, 4) is 5.75 Å². The summed E-state index contributed by atoms with van der Waals surface area (Å²) >= 11 is 0. The summed E-state index contributed by atoms with van der Waals surface area (Å²) in [6, 6.07) is 8.47. The number of hydrogen-bond acceptors (Lipinski definition) is 4. The summed E-state index contributed by atoms with van der Waals surface area (Å²) in [4.78, 5) is 11.1. The molecule has 0 bridgehead atoms. The predicted molar refractivity (Wildman–Crippen MR) is 56.5 cm³/mol. The molecule has 15 heavy (non-hydrogen) atoms. The Balaban J connectivity index is 2.34. The van der Waals surface area contributed by atoms with E-state index < -0.39 is 12.0 Å². The van der Waals surface area contributed by atoms with E-state index >= 15 is 0 Å². The lowest BCUT2D eigenvalue weighted by Crippen LogP contribution is -2.37. The van der Waals surface area contributed by atoms with Crippen molar-refractivity contribution in [1.29, 1.82) is 0 Å². The molecule has 1 aromatic carbocycles. The summed E-state index contributed by atoms with van der Waals surface area (Å²) in [5.74, 6) is 0.255. The summed E-state index contributed by atoms with van der Waals surface area (Å²) in [6.45, 7) is 2.20. The monoisotopic (exact) mass is 209 g/mol. The van der Waals surface area contributed by atoms with Gasteiger partial charge in [-0.25, -0.2) is 0 Å². The number of para-hydroxylation sites is 1. The number of hydrogen-bond donors (Lipinski definition) is 1. The highest BCUT2D eigenvalue weighted by Gasteiger charge is 2.14. The fourth-order valence-electron chi connectivity index (χ4n) is 1.02. The van der Waals surface area contributed by atoms with Gasteiger partial charge in [0.15, 0.2) is 0 Å². The molecule has 0 aliphatic carbocycles. The molecule has 0 heterocycles. The molecule has 0 amide bonds. The van der Waals surface area contributed by atoms with E-state index in [1.807, 2.05) is 18.2 Å². The number of carbonyl (C=O) groups is 1. The van der Waals surface area contributed by atoms with E-state index in [-0.39, 0.29) is 6.61 Å². The van der Waals surface area contributed by atoms with E-state index in [1.165, 1.54) is 0 Å². The summed E-state index contributed by atoms with van der Waals surface area (Å²) in [5, 5.41) is 0. The van der Waals surface area contributed by atoms with Gasteiger partial charge in [-0.1, -0.05) is 18.2 Å². The van der Waals surface area contributed by atoms with E-state index in [2.05, 4.69) is 0 Å². The van der Waals surface area contributed by atoms with Crippen LogP contribution >= 0.6 is 0 Å². The minimum Gasteiger partial charge on any atom is -0.491 e. The summed E-state index contributed by atoms with van der Waals surface area (Å²) < 4.78 is 10.1. The Kier molecular flexibility index (Phi) is 4.63. The van der Waals surface area contributed by atoms with Crippen LogP contribution in [0.4, 0.5) is 0 Å². The molecule has 1 atom stereocenters. The minimum absolute atomic E-state index is 0.128. The van der Waals surface area contributed by atoms with Crippen LogP contribution in [0.1, 0.15) is 6.92 Å². The van der Waals surface area contributed by atoms with Crippen LogP contribution in [0.2, 0.25) is 0 Å². The zero-order chi connectivity index (χ0) is 11.1. The molecule has 0 radical (unpaired) electrons. The van der Waals surface area contributed by atoms with Gasteiger partial charge in [-0.05, 0) is 19.1 Å². The van der Waals surface area contributed by atoms with Crippen LogP contribution in [0.15, 0.2) is 30.3 Å². The molecule has 1 aromatic rings. The number of rotatable bonds is 5. The zero-order valence-corrected chi connectivity index (χ0v) is 8.68. The average molecular weight is 209 g/mol. The van der Waals surface area contributed by atoms with Crippen LogP contribution < -0.4 is 10.5 Å². The minimum atomic E-state index is -0.731. The van der Waals surface area contributed by atoms with Crippen LogP contribution in [0.25, 0.3) is 0 Å². The van der Waals surface area contributed by atoms with Gasteiger partial charge in [0.1, 0.15) is 18.4 Å². The van der Waals surface area contributed by atoms with E-state index in [4.69, 9.17) is 15.2 Å². The SMILES string of the molecule is CCOC(=O)[C@@H](N)COc1ccccc1. The third kappa shape index (κ3) is 3.99. The molecule has 1 rings (SSSR count). The van der Waals surface area contributed by atoms with E-state index in [0.29, 0.717) is 12.4 Å². The highest BCUT2D eigenvalue weighted by atomic mass is 16.5. The van der Waals surface area contributed by atoms with Crippen molar-refractivity contribution >= 4 is 5.97 Å². The molecule has 0 spiro atoms. The highest BCUT2D eigenvalue weighted by molar-refractivity contribution is 5.75. The normalized spacial score (nSPS) is 11.9. The highest BCUT2D eigenvalue weighted by Crippen LogP contribution is 2.08. The Morgan fingerprint density at radius 1 is 1.40 bits per heavy atom. The standard InChI is InChI=1S/C11H15NO3/c1-2-14-11(13)10(12)8-15-9-6-4-3-5-7-9/h3-7,10H,2,8,12H2,1H3/t10-/m0/s1. The van der Waals surface area contributed by atoms with Gasteiger partial charge in [0, 0.05) is 0 Å². The second-order valence-corrected chi connectivity index (χ2v) is 2.98. The van der Waals surface area contributed by atoms with Crippen LogP contribution in [-0.2, 0) is 9.53 Å². The van der Waals surface area contributed by atoms with Crippen LogP contribution in [0.3, 0.4) is 0 Å². The molecule has 4 heteroatoms. The number of benzene rings is 1. The van der Waals surface area contributed by atoms with Crippen LogP contribution in [-0.4, -0.2) is 25.2 Å². The Morgan fingerprint density at radius 2 is 2.07 bits per heavy atom. The first-order chi connectivity index (χ1) is 7.24. The molecule has 0 saturated carbocycles. The van der Waals surface area contributed by atoms with Gasteiger partial charge < -0.3 is 15.2 Å². The number of carbonyl (C=O) groups excluding carboxylic acids is 1. The van der Waals surface area contributed by atoms with Crippen molar-refractivity contribution in [2.75, 3.05) is 13.2 Å². The molecule has 0 aliphatic rings. The molecular formula is C11H15NO3. The molecule has 0 unspecified atom stereocenters. The van der Waals surface area contributed by atoms with Crippen molar-refractivity contribution < 1.29 is 14.3 Å². The molecule has 4 nitrogen and oxygen atoms in total. The predicted octanol–water partition coefficient (Wildman–Crippen LogP) is 0.956. The first-order valence-corrected chi connectivity index (χ1v) is 4.84. The van der Waals surface area contributed by atoms with Crippen molar-refractivity contribution in [2.45, 2.75) is 13.0 Å². The number of nitrogens with two attached hydrogens (primary N) is 1. The first-order valence-electron chi connectivity index (χ1n) is 4.84. The first kappa shape index (κ1) is 11.5. The third-order valence-electron chi connectivity index (χ3n) is 1.76. The lowest BCUT2D eigenvalue weighted by molar-refractivity contribution is -0.145. The van der Waals surface area contributed by atoms with E-state index in [1.54, 1.807) is 19.1 Å². The van der Waals surface area contributed by atoms with Gasteiger partial charge in [-0.15, -0.1) is 0 Å². The fraction of sp³-hybridized carbons (Fsp3) is 0.364. The maximum absolute atomic E-state index is 11.1. The molecule has 0 fully saturated rings. The molecular weight excluding hydrogens is 194 g/mol. The van der Waals surface area contributed by atoms with Crippen molar-refractivity contribution in [3.63, 3.8) is 0 Å². The van der Waals surface area contributed by atoms with Crippen molar-refractivity contribution in [1.82, 2.24) is 0 Å². The van der Waals surface area contributed by atoms with Gasteiger partial charge in [-0.2, -0.15) is 0 Å². The lowest BCUT2D eigenvalue weighted by Gasteiger charge is -2.11. The van der Waals surface area contributed by atoms with Crippen molar-refractivity contribution in [2.24, 2.45) is 5.73 Å². The van der Waals surface area contributed by atoms with E-state index in [0.717, 1.165) is 0 Å². The van der Waals surface area contributed by atoms with Crippen LogP contribution in [0, 0.1) is 0 Å². The average Bonchev–Trinajstić information content (AvgIpc) is 2.27. The second kappa shape index (κ2) is 6.03. The maximum Gasteiger partial charge on any atom is 0.326 e. The molecule has 0 aromatic heterocycles. The Labute approximate surface area is 89.0 Å². The Hall–Kier alpha value is -1.55. The van der Waals surface area contributed by atoms with Gasteiger partial charge in [-0.3, -0.25) is 4.79 Å². The summed E-state index contributed by atoms with van der Waals surface area (Å²) in [7, 11) is 0. The smallest absolute Gasteiger partial charge is 0.326 e. The zero-order valence-electron chi connectivity index (χ0n) is 8.68. The fourth-order valence-corrected chi connectivity index (χ4v) is 1.02. The van der Waals surface area contributed by atoms with Gasteiger partial charge in [0.05, 0.1) is 6.61 Å². The second-order valence-electron chi connectivity index (χ2n) is 2.98. The topological polar surface area (TPSA) is 61.5 Å². The van der Waals surface area contributed by atoms with Gasteiger partial charge in [0.2, 0.25) is 0 Å². The Bertz CT molecular complexity index is 300. The lowest BCUT2D eigenvalue weighted by atomic mass is 10.3. The number of esters is 1. The number of ether oxygens (including phenoxy) is 2. The third-order valence-corrected chi connectivity index (χ3v) is 1.76. The van der Waals surface area contributed by atoms with Gasteiger partial charge in [0.25, 0.3) is 0 Å². The molecule has 0 saturated heterocycles. The molecule has 2 N–H and O–H groups in total. The van der Waals surface area contributed by atoms with Crippen molar-refractivity contribution in [3.05, 3.63) is 30.3 Å². The molecule has 0 aliphatic heterocycles. The maximum atomic E-state index is 11.1. The quantitative estimate of drug-likeness (QED) is 0.733. The summed E-state index contributed by atoms with van der Waals surface area (Å²) in [5.41, 5.74) is 5.55. The van der Waals surface area contributed by atoms with E-state index in [9.17, 15) is 4.79 Å². The Morgan fingerprint density at radius 3 is 2.67 bits per heavy atom. The van der Waals surface area contributed by atoms with Gasteiger partial charge >= 0.3 is 5.97 Å². The summed E-state index contributed by atoms with van der Waals surface area (Å²) in [6.07, 6.45) is 0. The van der Waals surface area contributed by atoms with Crippen LogP contribution in [0.5, 0.6) is 5.75 Å².